The molecule has 0 spiro atoms. The van der Waals surface area contributed by atoms with Crippen LogP contribution in [-0.2, 0) is 4.74 Å². The molecule has 1 heterocycles. The van der Waals surface area contributed by atoms with Gasteiger partial charge in [-0.3, -0.25) is 4.90 Å². The van der Waals surface area contributed by atoms with E-state index in [9.17, 15) is 0 Å². The van der Waals surface area contributed by atoms with Crippen molar-refractivity contribution in [2.45, 2.75) is 30.9 Å². The van der Waals surface area contributed by atoms with Gasteiger partial charge in [-0.25, -0.2) is 0 Å². The predicted octanol–water partition coefficient (Wildman–Crippen LogP) is 3.23. The second-order valence-corrected chi connectivity index (χ2v) is 7.00. The highest BCUT2D eigenvalue weighted by Gasteiger charge is 2.22. The van der Waals surface area contributed by atoms with Crippen LogP contribution >= 0.6 is 27.7 Å². The zero-order valence-electron chi connectivity index (χ0n) is 11.4. The molecule has 1 aromatic rings. The Balaban J connectivity index is 1.88. The first kappa shape index (κ1) is 15.2. The Hall–Kier alpha value is -0.230. The van der Waals surface area contributed by atoms with Gasteiger partial charge in [-0.05, 0) is 48.0 Å². The number of anilines is 1. The molecule has 1 unspecified atom stereocenters. The second kappa shape index (κ2) is 6.97. The van der Waals surface area contributed by atoms with Crippen LogP contribution in [0.1, 0.15) is 13.8 Å². The average molecular weight is 345 g/mol. The van der Waals surface area contributed by atoms with Gasteiger partial charge in [0.25, 0.3) is 0 Å². The molecule has 0 bridgehead atoms. The molecule has 1 atom stereocenters. The molecule has 0 aliphatic carbocycles. The first-order valence-corrected chi connectivity index (χ1v) is 8.37. The summed E-state index contributed by atoms with van der Waals surface area (Å²) >= 11 is 5.38. The second-order valence-electron chi connectivity index (χ2n) is 5.08. The van der Waals surface area contributed by atoms with Gasteiger partial charge in [0.05, 0.1) is 12.7 Å². The maximum Gasteiger partial charge on any atom is 0.0796 e. The van der Waals surface area contributed by atoms with E-state index in [4.69, 9.17) is 10.5 Å². The minimum atomic E-state index is 0.311. The third kappa shape index (κ3) is 4.38. The number of hydrogen-bond acceptors (Lipinski definition) is 4. The summed E-state index contributed by atoms with van der Waals surface area (Å²) < 4.78 is 6.91. The van der Waals surface area contributed by atoms with Crippen molar-refractivity contribution in [3.63, 3.8) is 0 Å². The van der Waals surface area contributed by atoms with E-state index in [1.807, 2.05) is 23.9 Å². The van der Waals surface area contributed by atoms with Crippen LogP contribution < -0.4 is 5.73 Å². The Labute approximate surface area is 128 Å². The molecule has 0 saturated carbocycles. The Morgan fingerprint density at radius 2 is 2.32 bits per heavy atom. The average Bonchev–Trinajstić information content (AvgIpc) is 2.38. The molecule has 2 N–H and O–H groups in total. The summed E-state index contributed by atoms with van der Waals surface area (Å²) in [5, 5.41) is 0. The van der Waals surface area contributed by atoms with E-state index in [-0.39, 0.29) is 0 Å². The molecule has 0 amide bonds. The number of thioether (sulfide) groups is 1. The summed E-state index contributed by atoms with van der Waals surface area (Å²) in [6.45, 7) is 7.39. The van der Waals surface area contributed by atoms with Crippen molar-refractivity contribution in [2.24, 2.45) is 0 Å². The van der Waals surface area contributed by atoms with Crippen LogP contribution in [0.3, 0.4) is 0 Å². The summed E-state index contributed by atoms with van der Waals surface area (Å²) in [6.07, 6.45) is 0.311. The molecule has 1 saturated heterocycles. The lowest BCUT2D eigenvalue weighted by atomic mass is 10.2. The highest BCUT2D eigenvalue weighted by atomic mass is 79.9. The summed E-state index contributed by atoms with van der Waals surface area (Å²) in [6, 6.07) is 6.55. The summed E-state index contributed by atoms with van der Waals surface area (Å²) in [5.74, 6) is 0.978. The third-order valence-corrected chi connectivity index (χ3v) is 5.41. The Morgan fingerprint density at radius 1 is 1.53 bits per heavy atom. The molecule has 2 rings (SSSR count). The number of halogens is 1. The van der Waals surface area contributed by atoms with Crippen molar-refractivity contribution in [1.29, 1.82) is 0 Å². The normalized spacial score (nSPS) is 20.9. The fourth-order valence-electron chi connectivity index (χ4n) is 2.13. The minimum absolute atomic E-state index is 0.311. The third-order valence-electron chi connectivity index (χ3n) is 3.28. The van der Waals surface area contributed by atoms with Crippen molar-refractivity contribution >= 4 is 33.4 Å². The van der Waals surface area contributed by atoms with Gasteiger partial charge in [-0.1, -0.05) is 0 Å². The minimum Gasteiger partial charge on any atom is -0.399 e. The van der Waals surface area contributed by atoms with Crippen molar-refractivity contribution in [1.82, 2.24) is 4.90 Å². The van der Waals surface area contributed by atoms with Crippen LogP contribution in [-0.4, -0.2) is 42.5 Å². The highest BCUT2D eigenvalue weighted by molar-refractivity contribution is 9.10. The summed E-state index contributed by atoms with van der Waals surface area (Å²) in [5.41, 5.74) is 6.54. The number of hydrogen-bond donors (Lipinski definition) is 1. The molecule has 5 heteroatoms. The topological polar surface area (TPSA) is 38.5 Å². The standard InChI is InChI=1S/C14H21BrN2OS/c1-10(2)17-5-6-18-12(8-17)9-19-14-4-3-11(16)7-13(14)15/h3-4,7,10,12H,5-6,8-9,16H2,1-2H3. The lowest BCUT2D eigenvalue weighted by Crippen LogP contribution is -2.46. The molecule has 0 aromatic heterocycles. The molecule has 0 radical (unpaired) electrons. The summed E-state index contributed by atoms with van der Waals surface area (Å²) in [4.78, 5) is 3.70. The van der Waals surface area contributed by atoms with Crippen LogP contribution in [0.2, 0.25) is 0 Å². The zero-order valence-corrected chi connectivity index (χ0v) is 13.8. The van der Waals surface area contributed by atoms with Crippen LogP contribution in [0.15, 0.2) is 27.6 Å². The van der Waals surface area contributed by atoms with E-state index in [1.165, 1.54) is 4.90 Å². The smallest absolute Gasteiger partial charge is 0.0796 e. The van der Waals surface area contributed by atoms with E-state index >= 15 is 0 Å². The van der Waals surface area contributed by atoms with Gasteiger partial charge in [0, 0.05) is 39.9 Å². The van der Waals surface area contributed by atoms with Crippen molar-refractivity contribution in [3.05, 3.63) is 22.7 Å². The van der Waals surface area contributed by atoms with Gasteiger partial charge in [0.15, 0.2) is 0 Å². The first-order valence-electron chi connectivity index (χ1n) is 6.59. The zero-order chi connectivity index (χ0) is 13.8. The molecule has 19 heavy (non-hydrogen) atoms. The van der Waals surface area contributed by atoms with Gasteiger partial charge in [-0.2, -0.15) is 0 Å². The first-order chi connectivity index (χ1) is 9.06. The number of ether oxygens (including phenoxy) is 1. The van der Waals surface area contributed by atoms with Crippen LogP contribution in [0.25, 0.3) is 0 Å². The van der Waals surface area contributed by atoms with Crippen LogP contribution in [0.4, 0.5) is 5.69 Å². The number of nitrogens with zero attached hydrogens (tertiary/aromatic N) is 1. The van der Waals surface area contributed by atoms with E-state index in [0.29, 0.717) is 12.1 Å². The van der Waals surface area contributed by atoms with E-state index in [2.05, 4.69) is 40.7 Å². The largest absolute Gasteiger partial charge is 0.399 e. The molecule has 1 fully saturated rings. The predicted molar refractivity (Wildman–Crippen MR) is 85.7 cm³/mol. The van der Waals surface area contributed by atoms with E-state index < -0.39 is 0 Å². The quantitative estimate of drug-likeness (QED) is 0.672. The molecule has 1 aromatic carbocycles. The lowest BCUT2D eigenvalue weighted by molar-refractivity contribution is -0.0265. The molecule has 3 nitrogen and oxygen atoms in total. The Kier molecular flexibility index (Phi) is 5.57. The fraction of sp³-hybridized carbons (Fsp3) is 0.571. The molecular weight excluding hydrogens is 324 g/mol. The monoisotopic (exact) mass is 344 g/mol. The van der Waals surface area contributed by atoms with Gasteiger partial charge in [0.1, 0.15) is 0 Å². The fourth-order valence-corrected chi connectivity index (χ4v) is 3.80. The maximum absolute atomic E-state index is 5.84. The number of nitrogen functional groups attached to an aromatic ring is 1. The van der Waals surface area contributed by atoms with Crippen molar-refractivity contribution < 1.29 is 4.74 Å². The van der Waals surface area contributed by atoms with E-state index in [0.717, 1.165) is 35.6 Å². The molecular formula is C14H21BrN2OS. The Morgan fingerprint density at radius 3 is 3.00 bits per heavy atom. The van der Waals surface area contributed by atoms with Crippen molar-refractivity contribution in [2.75, 3.05) is 31.2 Å². The van der Waals surface area contributed by atoms with Crippen LogP contribution in [0.5, 0.6) is 0 Å². The Bertz CT molecular complexity index is 428. The molecule has 1 aliphatic rings. The maximum atomic E-state index is 5.84. The van der Waals surface area contributed by atoms with Gasteiger partial charge in [0.2, 0.25) is 0 Å². The van der Waals surface area contributed by atoms with Gasteiger partial charge >= 0.3 is 0 Å². The van der Waals surface area contributed by atoms with Gasteiger partial charge in [-0.15, -0.1) is 11.8 Å². The summed E-state index contributed by atoms with van der Waals surface area (Å²) in [7, 11) is 0. The molecule has 106 valence electrons. The van der Waals surface area contributed by atoms with Crippen molar-refractivity contribution in [3.8, 4) is 0 Å². The van der Waals surface area contributed by atoms with Crippen LogP contribution in [0, 0.1) is 0 Å². The SMILES string of the molecule is CC(C)N1CCOC(CSc2ccc(N)cc2Br)C1. The lowest BCUT2D eigenvalue weighted by Gasteiger charge is -2.35. The number of nitrogens with two attached hydrogens (primary N) is 1. The van der Waals surface area contributed by atoms with Gasteiger partial charge < -0.3 is 10.5 Å². The number of benzene rings is 1. The number of morpholine rings is 1. The highest BCUT2D eigenvalue weighted by Crippen LogP contribution is 2.30. The van der Waals surface area contributed by atoms with E-state index in [1.54, 1.807) is 0 Å². The number of rotatable bonds is 4. The molecule has 1 aliphatic heterocycles.